The van der Waals surface area contributed by atoms with E-state index < -0.39 is 0 Å². The monoisotopic (exact) mass is 290 g/mol. The van der Waals surface area contributed by atoms with Crippen LogP contribution in [0.25, 0.3) is 0 Å². The number of carbonyl (C=O) groups excluding carboxylic acids is 1. The summed E-state index contributed by atoms with van der Waals surface area (Å²) in [4.78, 5) is 14.5. The summed E-state index contributed by atoms with van der Waals surface area (Å²) in [5, 5.41) is 3.33. The van der Waals surface area contributed by atoms with Crippen LogP contribution in [0.15, 0.2) is 24.3 Å². The van der Waals surface area contributed by atoms with Gasteiger partial charge < -0.3 is 10.2 Å². The molecule has 0 saturated carbocycles. The third kappa shape index (κ3) is 5.41. The Morgan fingerprint density at radius 1 is 1.10 bits per heavy atom. The Balaban J connectivity index is 2.71. The highest BCUT2D eigenvalue weighted by atomic mass is 16.2. The summed E-state index contributed by atoms with van der Waals surface area (Å²) in [6.45, 7) is 11.2. The van der Waals surface area contributed by atoms with Crippen LogP contribution in [-0.2, 0) is 0 Å². The molecule has 118 valence electrons. The molecule has 0 fully saturated rings. The van der Waals surface area contributed by atoms with E-state index in [0.29, 0.717) is 5.92 Å². The summed E-state index contributed by atoms with van der Waals surface area (Å²) >= 11 is 0. The molecule has 0 unspecified atom stereocenters. The lowest BCUT2D eigenvalue weighted by Gasteiger charge is -2.25. The Morgan fingerprint density at radius 2 is 1.71 bits per heavy atom. The molecular weight excluding hydrogens is 260 g/mol. The van der Waals surface area contributed by atoms with Crippen LogP contribution in [0.4, 0.5) is 5.69 Å². The molecule has 0 spiro atoms. The van der Waals surface area contributed by atoms with Crippen molar-refractivity contribution in [2.75, 3.05) is 25.0 Å². The zero-order valence-electron chi connectivity index (χ0n) is 14.0. The molecular formula is C18H30N2O. The molecule has 1 N–H and O–H groups in total. The Labute approximate surface area is 129 Å². The zero-order chi connectivity index (χ0) is 15.7. The molecule has 1 rings (SSSR count). The van der Waals surface area contributed by atoms with Crippen molar-refractivity contribution in [3.63, 3.8) is 0 Å². The summed E-state index contributed by atoms with van der Waals surface area (Å²) < 4.78 is 0. The Morgan fingerprint density at radius 3 is 2.19 bits per heavy atom. The van der Waals surface area contributed by atoms with Gasteiger partial charge in [0.1, 0.15) is 0 Å². The van der Waals surface area contributed by atoms with E-state index in [-0.39, 0.29) is 5.91 Å². The molecule has 0 saturated heterocycles. The van der Waals surface area contributed by atoms with Crippen LogP contribution in [0.5, 0.6) is 0 Å². The van der Waals surface area contributed by atoms with Gasteiger partial charge in [0.25, 0.3) is 5.91 Å². The third-order valence-corrected chi connectivity index (χ3v) is 4.01. The predicted molar refractivity (Wildman–Crippen MR) is 90.9 cm³/mol. The summed E-state index contributed by atoms with van der Waals surface area (Å²) in [6.07, 6.45) is 3.35. The zero-order valence-corrected chi connectivity index (χ0v) is 14.0. The average Bonchev–Trinajstić information content (AvgIpc) is 2.54. The van der Waals surface area contributed by atoms with Crippen molar-refractivity contribution in [2.45, 2.75) is 47.0 Å². The maximum atomic E-state index is 12.6. The maximum absolute atomic E-state index is 12.6. The van der Waals surface area contributed by atoms with E-state index in [1.54, 1.807) is 0 Å². The highest BCUT2D eigenvalue weighted by molar-refractivity contribution is 5.94. The highest BCUT2D eigenvalue weighted by Crippen LogP contribution is 2.15. The van der Waals surface area contributed by atoms with Gasteiger partial charge in [-0.25, -0.2) is 0 Å². The van der Waals surface area contributed by atoms with Crippen molar-refractivity contribution < 1.29 is 4.79 Å². The van der Waals surface area contributed by atoms with E-state index in [9.17, 15) is 4.79 Å². The van der Waals surface area contributed by atoms with E-state index in [1.807, 2.05) is 29.2 Å². The van der Waals surface area contributed by atoms with Crippen LogP contribution in [0.3, 0.4) is 0 Å². The summed E-state index contributed by atoms with van der Waals surface area (Å²) in [5.74, 6) is 0.742. The van der Waals surface area contributed by atoms with Crippen LogP contribution < -0.4 is 5.32 Å². The van der Waals surface area contributed by atoms with Gasteiger partial charge in [-0.1, -0.05) is 33.6 Å². The van der Waals surface area contributed by atoms with Crippen molar-refractivity contribution in [2.24, 2.45) is 5.92 Å². The predicted octanol–water partition coefficient (Wildman–Crippen LogP) is 4.41. The van der Waals surface area contributed by atoms with Gasteiger partial charge in [-0.2, -0.15) is 0 Å². The Hall–Kier alpha value is -1.51. The summed E-state index contributed by atoms with van der Waals surface area (Å²) in [7, 11) is 0. The van der Waals surface area contributed by atoms with E-state index in [1.165, 1.54) is 0 Å². The fourth-order valence-corrected chi connectivity index (χ4v) is 2.40. The van der Waals surface area contributed by atoms with Gasteiger partial charge >= 0.3 is 0 Å². The Kier molecular flexibility index (Phi) is 7.88. The minimum atomic E-state index is 0.145. The fourth-order valence-electron chi connectivity index (χ4n) is 2.40. The van der Waals surface area contributed by atoms with Gasteiger partial charge in [0.15, 0.2) is 0 Å². The fraction of sp³-hybridized carbons (Fsp3) is 0.611. The van der Waals surface area contributed by atoms with Gasteiger partial charge in [-0.15, -0.1) is 0 Å². The number of benzene rings is 1. The Bertz CT molecular complexity index is 410. The maximum Gasteiger partial charge on any atom is 0.253 e. The molecule has 3 heteroatoms. The summed E-state index contributed by atoms with van der Waals surface area (Å²) in [5.41, 5.74) is 1.86. The third-order valence-electron chi connectivity index (χ3n) is 4.01. The van der Waals surface area contributed by atoms with Gasteiger partial charge in [0.05, 0.1) is 0 Å². The highest BCUT2D eigenvalue weighted by Gasteiger charge is 2.17. The van der Waals surface area contributed by atoms with Crippen LogP contribution in [-0.4, -0.2) is 30.4 Å². The van der Waals surface area contributed by atoms with Crippen molar-refractivity contribution in [1.29, 1.82) is 0 Å². The standard InChI is InChI=1S/C18H30N2O/c1-5-13-19-17-11-9-16(10-12-17)18(21)20(8-4)14-15(6-2)7-3/h9-12,15,19H,5-8,13-14H2,1-4H3. The number of hydrogen-bond donors (Lipinski definition) is 1. The van der Waals surface area contributed by atoms with Crippen molar-refractivity contribution >= 4 is 11.6 Å². The molecule has 1 aromatic carbocycles. The molecule has 0 aliphatic rings. The number of nitrogens with one attached hydrogen (secondary N) is 1. The lowest BCUT2D eigenvalue weighted by Crippen LogP contribution is -2.35. The second kappa shape index (κ2) is 9.43. The van der Waals surface area contributed by atoms with E-state index >= 15 is 0 Å². The van der Waals surface area contributed by atoms with E-state index in [0.717, 1.165) is 50.1 Å². The number of hydrogen-bond acceptors (Lipinski definition) is 2. The van der Waals surface area contributed by atoms with Crippen LogP contribution in [0, 0.1) is 5.92 Å². The first-order chi connectivity index (χ1) is 10.2. The minimum Gasteiger partial charge on any atom is -0.385 e. The SMILES string of the molecule is CCCNc1ccc(C(=O)N(CC)CC(CC)CC)cc1. The number of anilines is 1. The lowest BCUT2D eigenvalue weighted by atomic mass is 10.0. The molecule has 1 aromatic rings. The van der Waals surface area contributed by atoms with Crippen LogP contribution >= 0.6 is 0 Å². The molecule has 0 aliphatic heterocycles. The van der Waals surface area contributed by atoms with E-state index in [2.05, 4.69) is 33.0 Å². The first-order valence-corrected chi connectivity index (χ1v) is 8.29. The minimum absolute atomic E-state index is 0.145. The first kappa shape index (κ1) is 17.5. The van der Waals surface area contributed by atoms with Gasteiger partial charge in [-0.05, 0) is 43.5 Å². The second-order valence-electron chi connectivity index (χ2n) is 5.53. The molecule has 0 aliphatic carbocycles. The first-order valence-electron chi connectivity index (χ1n) is 8.29. The smallest absolute Gasteiger partial charge is 0.253 e. The van der Waals surface area contributed by atoms with Crippen molar-refractivity contribution in [1.82, 2.24) is 4.90 Å². The molecule has 0 heterocycles. The van der Waals surface area contributed by atoms with E-state index in [4.69, 9.17) is 0 Å². The van der Waals surface area contributed by atoms with Gasteiger partial charge in [0.2, 0.25) is 0 Å². The molecule has 3 nitrogen and oxygen atoms in total. The van der Waals surface area contributed by atoms with Crippen molar-refractivity contribution in [3.8, 4) is 0 Å². The van der Waals surface area contributed by atoms with Gasteiger partial charge in [0, 0.05) is 30.9 Å². The average molecular weight is 290 g/mol. The molecule has 21 heavy (non-hydrogen) atoms. The number of nitrogens with zero attached hydrogens (tertiary/aromatic N) is 1. The normalized spacial score (nSPS) is 10.7. The number of carbonyl (C=O) groups is 1. The van der Waals surface area contributed by atoms with Crippen molar-refractivity contribution in [3.05, 3.63) is 29.8 Å². The van der Waals surface area contributed by atoms with Crippen LogP contribution in [0.1, 0.15) is 57.3 Å². The molecule has 0 bridgehead atoms. The largest absolute Gasteiger partial charge is 0.385 e. The summed E-state index contributed by atoms with van der Waals surface area (Å²) in [6, 6.07) is 7.84. The molecule has 0 atom stereocenters. The molecule has 0 radical (unpaired) electrons. The lowest BCUT2D eigenvalue weighted by molar-refractivity contribution is 0.0735. The second-order valence-corrected chi connectivity index (χ2v) is 5.53. The quantitative estimate of drug-likeness (QED) is 0.730. The van der Waals surface area contributed by atoms with Gasteiger partial charge in [-0.3, -0.25) is 4.79 Å². The molecule has 0 aromatic heterocycles. The number of amides is 1. The molecule has 1 amide bonds. The number of rotatable bonds is 9. The topological polar surface area (TPSA) is 32.3 Å². The van der Waals surface area contributed by atoms with Crippen LogP contribution in [0.2, 0.25) is 0 Å².